The van der Waals surface area contributed by atoms with Gasteiger partial charge < -0.3 is 4.74 Å². The van der Waals surface area contributed by atoms with E-state index in [1.54, 1.807) is 13.0 Å². The molecular weight excluding hydrogens is 381 g/mol. The Balaban J connectivity index is 1.94. The van der Waals surface area contributed by atoms with Crippen molar-refractivity contribution in [2.75, 3.05) is 12.4 Å². The molecule has 0 saturated heterocycles. The molecule has 1 aromatic carbocycles. The first-order valence-corrected chi connectivity index (χ1v) is 8.42. The smallest absolute Gasteiger partial charge is 0.416 e. The van der Waals surface area contributed by atoms with Crippen LogP contribution in [0.25, 0.3) is 11.1 Å². The van der Waals surface area contributed by atoms with Gasteiger partial charge in [0.05, 0.1) is 18.2 Å². The number of pyridine rings is 1. The lowest BCUT2D eigenvalue weighted by Crippen LogP contribution is -2.14. The predicted octanol–water partition coefficient (Wildman–Crippen LogP) is 4.19. The first kappa shape index (κ1) is 18.8. The van der Waals surface area contributed by atoms with Gasteiger partial charge in [-0.15, -0.1) is 5.10 Å². The monoisotopic (exact) mass is 394 g/mol. The average Bonchev–Trinajstić information content (AvgIpc) is 3.08. The lowest BCUT2D eigenvalue weighted by atomic mass is 9.99. The first-order chi connectivity index (χ1) is 12.8. The molecule has 1 amide bonds. The van der Waals surface area contributed by atoms with E-state index in [1.165, 1.54) is 25.4 Å². The van der Waals surface area contributed by atoms with Crippen molar-refractivity contribution >= 4 is 22.4 Å². The van der Waals surface area contributed by atoms with E-state index in [9.17, 15) is 18.0 Å². The van der Waals surface area contributed by atoms with E-state index in [-0.39, 0.29) is 15.9 Å². The molecule has 3 rings (SSSR count). The fraction of sp³-hybridized carbons (Fsp3) is 0.176. The molecule has 0 spiro atoms. The predicted molar refractivity (Wildman–Crippen MR) is 93.8 cm³/mol. The van der Waals surface area contributed by atoms with E-state index in [2.05, 4.69) is 20.5 Å². The molecule has 2 heterocycles. The number of hydrogen-bond acceptors (Lipinski definition) is 6. The van der Waals surface area contributed by atoms with Crippen molar-refractivity contribution in [1.29, 1.82) is 0 Å². The Morgan fingerprint density at radius 3 is 2.48 bits per heavy atom. The Hall–Kier alpha value is -3.01. The molecule has 0 atom stereocenters. The maximum absolute atomic E-state index is 12.8. The molecular formula is C17H13F3N4O2S. The summed E-state index contributed by atoms with van der Waals surface area (Å²) in [7, 11) is 1.43. The van der Waals surface area contributed by atoms with E-state index >= 15 is 0 Å². The number of nitrogens with zero attached hydrogens (tertiary/aromatic N) is 3. The number of hydrogen-bond donors (Lipinski definition) is 1. The summed E-state index contributed by atoms with van der Waals surface area (Å²) < 4.78 is 43.2. The van der Waals surface area contributed by atoms with Crippen LogP contribution in [0.3, 0.4) is 0 Å². The Morgan fingerprint density at radius 1 is 1.19 bits per heavy atom. The normalized spacial score (nSPS) is 11.3. The zero-order valence-corrected chi connectivity index (χ0v) is 15.0. The Morgan fingerprint density at radius 2 is 1.89 bits per heavy atom. The quantitative estimate of drug-likeness (QED) is 0.718. The van der Waals surface area contributed by atoms with Crippen molar-refractivity contribution in [3.8, 4) is 16.3 Å². The lowest BCUT2D eigenvalue weighted by Gasteiger charge is -2.11. The largest absolute Gasteiger partial charge is 0.472 e. The zero-order valence-electron chi connectivity index (χ0n) is 14.2. The number of alkyl halides is 3. The summed E-state index contributed by atoms with van der Waals surface area (Å²) in [6, 6.07) is 6.23. The van der Waals surface area contributed by atoms with Crippen molar-refractivity contribution in [3.05, 3.63) is 53.3 Å². The molecule has 0 aliphatic rings. The van der Waals surface area contributed by atoms with Crippen LogP contribution < -0.4 is 10.1 Å². The van der Waals surface area contributed by atoms with Gasteiger partial charge in [0, 0.05) is 11.9 Å². The lowest BCUT2D eigenvalue weighted by molar-refractivity contribution is -0.137. The van der Waals surface area contributed by atoms with Gasteiger partial charge in [0.15, 0.2) is 0 Å². The molecule has 0 radical (unpaired) electrons. The first-order valence-electron chi connectivity index (χ1n) is 7.61. The fourth-order valence-corrected chi connectivity index (χ4v) is 2.88. The van der Waals surface area contributed by atoms with Crippen molar-refractivity contribution < 1.29 is 22.7 Å². The number of carbonyl (C=O) groups excluding carboxylic acids is 1. The number of halogens is 3. The van der Waals surface area contributed by atoms with Crippen molar-refractivity contribution in [1.82, 2.24) is 15.2 Å². The van der Waals surface area contributed by atoms with Gasteiger partial charge in [0.2, 0.25) is 5.13 Å². The molecule has 3 aromatic rings. The second kappa shape index (κ2) is 7.31. The second-order valence-electron chi connectivity index (χ2n) is 5.48. The van der Waals surface area contributed by atoms with Gasteiger partial charge in [-0.2, -0.15) is 13.2 Å². The molecule has 0 unspecified atom stereocenters. The van der Waals surface area contributed by atoms with Crippen molar-refractivity contribution in [2.45, 2.75) is 13.1 Å². The summed E-state index contributed by atoms with van der Waals surface area (Å²) in [5, 5.41) is 10.6. The topological polar surface area (TPSA) is 77.0 Å². The fourth-order valence-electron chi connectivity index (χ4n) is 2.33. The van der Waals surface area contributed by atoms with Crippen molar-refractivity contribution in [3.63, 3.8) is 0 Å². The molecule has 0 fully saturated rings. The highest BCUT2D eigenvalue weighted by molar-refractivity contribution is 7.17. The number of methoxy groups -OCH3 is 1. The highest BCUT2D eigenvalue weighted by atomic mass is 32.1. The highest BCUT2D eigenvalue weighted by Crippen LogP contribution is 2.32. The summed E-state index contributed by atoms with van der Waals surface area (Å²) >= 11 is 1.04. The summed E-state index contributed by atoms with van der Waals surface area (Å²) in [5.41, 5.74) is 0.997. The van der Waals surface area contributed by atoms with Crippen LogP contribution in [0.1, 0.15) is 21.6 Å². The van der Waals surface area contributed by atoms with E-state index in [0.717, 1.165) is 23.5 Å². The summed E-state index contributed by atoms with van der Waals surface area (Å²) in [4.78, 5) is 16.7. The minimum atomic E-state index is -4.43. The van der Waals surface area contributed by atoms with Gasteiger partial charge in [-0.05, 0) is 47.6 Å². The molecule has 0 aliphatic carbocycles. The number of anilines is 1. The molecule has 0 saturated carbocycles. The van der Waals surface area contributed by atoms with E-state index in [1.807, 2.05) is 0 Å². The molecule has 0 aliphatic heterocycles. The third-order valence-corrected chi connectivity index (χ3v) is 4.41. The van der Waals surface area contributed by atoms with Crippen LogP contribution in [-0.2, 0) is 6.18 Å². The number of carbonyl (C=O) groups is 1. The molecule has 140 valence electrons. The van der Waals surface area contributed by atoms with Crippen molar-refractivity contribution in [2.24, 2.45) is 0 Å². The molecule has 6 nitrogen and oxygen atoms in total. The summed E-state index contributed by atoms with van der Waals surface area (Å²) in [6.07, 6.45) is -3.06. The second-order valence-corrected chi connectivity index (χ2v) is 6.42. The van der Waals surface area contributed by atoms with Crippen LogP contribution in [0.4, 0.5) is 18.3 Å². The van der Waals surface area contributed by atoms with Gasteiger partial charge in [-0.1, -0.05) is 17.2 Å². The molecule has 27 heavy (non-hydrogen) atoms. The van der Waals surface area contributed by atoms with Crippen LogP contribution in [0, 0.1) is 6.92 Å². The average molecular weight is 394 g/mol. The Labute approximate surface area is 156 Å². The highest BCUT2D eigenvalue weighted by Gasteiger charge is 2.30. The van der Waals surface area contributed by atoms with E-state index in [4.69, 9.17) is 4.74 Å². The Bertz CT molecular complexity index is 971. The maximum atomic E-state index is 12.8. The van der Waals surface area contributed by atoms with Gasteiger partial charge in [-0.25, -0.2) is 0 Å². The van der Waals surface area contributed by atoms with E-state index < -0.39 is 17.6 Å². The SMILES string of the molecule is COc1nnc(NC(=O)c2cnc(C)cc2-c2ccc(C(F)(F)F)cc2)s1. The minimum Gasteiger partial charge on any atom is -0.472 e. The maximum Gasteiger partial charge on any atom is 0.416 e. The van der Waals surface area contributed by atoms with Crippen LogP contribution in [0.15, 0.2) is 36.5 Å². The zero-order chi connectivity index (χ0) is 19.6. The number of aryl methyl sites for hydroxylation is 1. The van der Waals surface area contributed by atoms with E-state index in [0.29, 0.717) is 16.8 Å². The van der Waals surface area contributed by atoms with Gasteiger partial charge in [0.25, 0.3) is 11.1 Å². The number of benzene rings is 1. The number of nitrogens with one attached hydrogen (secondary N) is 1. The third kappa shape index (κ3) is 4.22. The molecule has 0 bridgehead atoms. The molecule has 1 N–H and O–H groups in total. The molecule has 2 aromatic heterocycles. The number of rotatable bonds is 4. The molecule has 10 heteroatoms. The van der Waals surface area contributed by atoms with Gasteiger partial charge in [-0.3, -0.25) is 15.1 Å². The van der Waals surface area contributed by atoms with Gasteiger partial charge in [0.1, 0.15) is 0 Å². The van der Waals surface area contributed by atoms with Crippen LogP contribution in [0.2, 0.25) is 0 Å². The minimum absolute atomic E-state index is 0.203. The standard InChI is InChI=1S/C17H13F3N4O2S/c1-9-7-12(10-3-5-11(6-4-10)17(18,19)20)13(8-21-9)14(25)22-15-23-24-16(26-2)27-15/h3-8H,1-2H3,(H,22,23,25). The summed E-state index contributed by atoms with van der Waals surface area (Å²) in [6.45, 7) is 1.73. The number of aromatic nitrogens is 3. The van der Waals surface area contributed by atoms with Crippen LogP contribution in [-0.4, -0.2) is 28.2 Å². The Kier molecular flexibility index (Phi) is 5.08. The third-order valence-electron chi connectivity index (χ3n) is 3.61. The van der Waals surface area contributed by atoms with Crippen LogP contribution >= 0.6 is 11.3 Å². The van der Waals surface area contributed by atoms with Crippen LogP contribution in [0.5, 0.6) is 5.19 Å². The van der Waals surface area contributed by atoms with Gasteiger partial charge >= 0.3 is 6.18 Å². The number of ether oxygens (including phenoxy) is 1. The number of amides is 1. The summed E-state index contributed by atoms with van der Waals surface area (Å²) in [5.74, 6) is -0.504.